The van der Waals surface area contributed by atoms with E-state index in [1.54, 1.807) is 0 Å². The average Bonchev–Trinajstić information content (AvgIpc) is 3.35. The predicted octanol–water partition coefficient (Wildman–Crippen LogP) is 3.32. The van der Waals surface area contributed by atoms with Crippen LogP contribution in [-0.2, 0) is 6.54 Å². The third-order valence-corrected chi connectivity index (χ3v) is 5.29. The first-order valence-electron chi connectivity index (χ1n) is 9.70. The largest absolute Gasteiger partial charge is 0.339 e. The summed E-state index contributed by atoms with van der Waals surface area (Å²) in [7, 11) is 0. The van der Waals surface area contributed by atoms with Crippen LogP contribution in [0.4, 0.5) is 5.95 Å². The molecular formula is C20H27N7. The van der Waals surface area contributed by atoms with E-state index in [-0.39, 0.29) is 0 Å². The van der Waals surface area contributed by atoms with Crippen LogP contribution in [0.2, 0.25) is 0 Å². The van der Waals surface area contributed by atoms with Gasteiger partial charge in [-0.15, -0.1) is 0 Å². The molecule has 4 rings (SSSR count). The Morgan fingerprint density at radius 1 is 1.22 bits per heavy atom. The first-order chi connectivity index (χ1) is 13.1. The molecule has 1 atom stereocenters. The average molecular weight is 365 g/mol. The number of aryl methyl sites for hydroxylation is 3. The van der Waals surface area contributed by atoms with Crippen molar-refractivity contribution in [2.24, 2.45) is 0 Å². The van der Waals surface area contributed by atoms with Gasteiger partial charge in [0.25, 0.3) is 0 Å². The number of hydrogen-bond donors (Lipinski definition) is 0. The summed E-state index contributed by atoms with van der Waals surface area (Å²) >= 11 is 0. The molecule has 1 aliphatic heterocycles. The Morgan fingerprint density at radius 3 is 2.81 bits per heavy atom. The van der Waals surface area contributed by atoms with Gasteiger partial charge in [-0.25, -0.2) is 9.97 Å². The van der Waals surface area contributed by atoms with E-state index in [2.05, 4.69) is 51.6 Å². The number of anilines is 1. The van der Waals surface area contributed by atoms with E-state index in [4.69, 9.17) is 4.98 Å². The van der Waals surface area contributed by atoms with Crippen molar-refractivity contribution in [1.29, 1.82) is 0 Å². The zero-order chi connectivity index (χ0) is 19.0. The summed E-state index contributed by atoms with van der Waals surface area (Å²) in [6, 6.07) is 4.48. The van der Waals surface area contributed by atoms with Crippen LogP contribution in [0.3, 0.4) is 0 Å². The Balaban J connectivity index is 1.56. The first-order valence-corrected chi connectivity index (χ1v) is 9.70. The lowest BCUT2D eigenvalue weighted by molar-refractivity contribution is 0.480. The van der Waals surface area contributed by atoms with E-state index in [1.807, 2.05) is 30.1 Å². The Bertz CT molecular complexity index is 940. The molecule has 0 aliphatic carbocycles. The zero-order valence-corrected chi connectivity index (χ0v) is 16.6. The van der Waals surface area contributed by atoms with Crippen molar-refractivity contribution in [3.05, 3.63) is 41.6 Å². The van der Waals surface area contributed by atoms with Gasteiger partial charge in [0.2, 0.25) is 5.95 Å². The van der Waals surface area contributed by atoms with E-state index >= 15 is 0 Å². The van der Waals surface area contributed by atoms with Crippen LogP contribution >= 0.6 is 0 Å². The molecule has 0 saturated carbocycles. The molecule has 4 heterocycles. The molecule has 27 heavy (non-hydrogen) atoms. The Hall–Kier alpha value is -2.70. The maximum Gasteiger partial charge on any atom is 0.225 e. The molecule has 0 bridgehead atoms. The molecule has 1 saturated heterocycles. The summed E-state index contributed by atoms with van der Waals surface area (Å²) in [6.07, 6.45) is 5.89. The normalized spacial score (nSPS) is 17.0. The van der Waals surface area contributed by atoms with Crippen LogP contribution in [0, 0.1) is 20.8 Å². The number of aromatic nitrogens is 6. The minimum absolute atomic E-state index is 0.375. The summed E-state index contributed by atoms with van der Waals surface area (Å²) in [5.74, 6) is 0.791. The van der Waals surface area contributed by atoms with Crippen LogP contribution in [0.25, 0.3) is 11.3 Å². The molecule has 1 fully saturated rings. The van der Waals surface area contributed by atoms with Crippen molar-refractivity contribution in [2.45, 2.75) is 53.1 Å². The van der Waals surface area contributed by atoms with E-state index in [1.165, 1.54) is 5.69 Å². The smallest absolute Gasteiger partial charge is 0.225 e. The SMILES string of the molecule is CCCn1ncc(-c2ccnc(N3CC[C@@H](n4nc(C)cc4C)C3)n2)c1C. The second kappa shape index (κ2) is 7.13. The monoisotopic (exact) mass is 365 g/mol. The van der Waals surface area contributed by atoms with Crippen molar-refractivity contribution in [2.75, 3.05) is 18.0 Å². The Morgan fingerprint density at radius 2 is 2.07 bits per heavy atom. The van der Waals surface area contributed by atoms with Crippen molar-refractivity contribution in [3.8, 4) is 11.3 Å². The molecule has 3 aromatic heterocycles. The topological polar surface area (TPSA) is 64.7 Å². The molecule has 142 valence electrons. The van der Waals surface area contributed by atoms with E-state index in [9.17, 15) is 0 Å². The number of nitrogens with zero attached hydrogens (tertiary/aromatic N) is 7. The highest BCUT2D eigenvalue weighted by Gasteiger charge is 2.27. The molecular weight excluding hydrogens is 338 g/mol. The van der Waals surface area contributed by atoms with E-state index in [0.717, 1.165) is 61.1 Å². The highest BCUT2D eigenvalue weighted by molar-refractivity contribution is 5.62. The van der Waals surface area contributed by atoms with Gasteiger partial charge >= 0.3 is 0 Å². The molecule has 0 spiro atoms. The lowest BCUT2D eigenvalue weighted by Gasteiger charge is -2.17. The summed E-state index contributed by atoms with van der Waals surface area (Å²) < 4.78 is 4.20. The summed E-state index contributed by atoms with van der Waals surface area (Å²) in [6.45, 7) is 11.2. The third-order valence-electron chi connectivity index (χ3n) is 5.29. The molecule has 3 aromatic rings. The van der Waals surface area contributed by atoms with E-state index in [0.29, 0.717) is 6.04 Å². The second-order valence-corrected chi connectivity index (χ2v) is 7.37. The van der Waals surface area contributed by atoms with Crippen LogP contribution in [0.15, 0.2) is 24.5 Å². The molecule has 0 radical (unpaired) electrons. The number of hydrogen-bond acceptors (Lipinski definition) is 5. The molecule has 0 N–H and O–H groups in total. The zero-order valence-electron chi connectivity index (χ0n) is 16.6. The van der Waals surface area contributed by atoms with Gasteiger partial charge < -0.3 is 4.90 Å². The van der Waals surface area contributed by atoms with Crippen LogP contribution < -0.4 is 4.90 Å². The van der Waals surface area contributed by atoms with Crippen molar-refractivity contribution >= 4 is 5.95 Å². The van der Waals surface area contributed by atoms with Crippen molar-refractivity contribution < 1.29 is 0 Å². The fraction of sp³-hybridized carbons (Fsp3) is 0.500. The van der Waals surface area contributed by atoms with Crippen molar-refractivity contribution in [1.82, 2.24) is 29.5 Å². The third kappa shape index (κ3) is 3.34. The molecule has 1 aliphatic rings. The molecule has 7 heteroatoms. The molecule has 0 unspecified atom stereocenters. The maximum absolute atomic E-state index is 4.85. The number of rotatable bonds is 5. The lowest BCUT2D eigenvalue weighted by atomic mass is 10.2. The van der Waals surface area contributed by atoms with Crippen LogP contribution in [-0.4, -0.2) is 42.6 Å². The lowest BCUT2D eigenvalue weighted by Crippen LogP contribution is -2.23. The van der Waals surface area contributed by atoms with Gasteiger partial charge in [-0.2, -0.15) is 10.2 Å². The minimum Gasteiger partial charge on any atom is -0.339 e. The van der Waals surface area contributed by atoms with Gasteiger partial charge in [0.1, 0.15) is 0 Å². The second-order valence-electron chi connectivity index (χ2n) is 7.37. The molecule has 7 nitrogen and oxygen atoms in total. The Labute approximate surface area is 160 Å². The first kappa shape index (κ1) is 17.7. The fourth-order valence-corrected chi connectivity index (χ4v) is 3.92. The van der Waals surface area contributed by atoms with Gasteiger partial charge in [0.15, 0.2) is 0 Å². The highest BCUT2D eigenvalue weighted by atomic mass is 15.4. The van der Waals surface area contributed by atoms with Gasteiger partial charge in [0, 0.05) is 42.8 Å². The van der Waals surface area contributed by atoms with Gasteiger partial charge in [-0.1, -0.05) is 6.92 Å². The van der Waals surface area contributed by atoms with Crippen molar-refractivity contribution in [3.63, 3.8) is 0 Å². The predicted molar refractivity (Wildman–Crippen MR) is 106 cm³/mol. The van der Waals surface area contributed by atoms with Crippen LogP contribution in [0.1, 0.15) is 42.9 Å². The maximum atomic E-state index is 4.85. The summed E-state index contributed by atoms with van der Waals surface area (Å²) in [5, 5.41) is 9.16. The van der Waals surface area contributed by atoms with Gasteiger partial charge in [-0.05, 0) is 45.7 Å². The minimum atomic E-state index is 0.375. The Kier molecular flexibility index (Phi) is 4.68. The van der Waals surface area contributed by atoms with Gasteiger partial charge in [0.05, 0.1) is 23.6 Å². The van der Waals surface area contributed by atoms with E-state index < -0.39 is 0 Å². The standard InChI is InChI=1S/C20H27N7/c1-5-9-26-16(4)18(12-22-26)19-6-8-21-20(23-19)25-10-7-17(13-25)27-15(3)11-14(2)24-27/h6,8,11-12,17H,5,7,9-10,13H2,1-4H3/t17-/m1/s1. The highest BCUT2D eigenvalue weighted by Crippen LogP contribution is 2.28. The molecule has 0 amide bonds. The summed E-state index contributed by atoms with van der Waals surface area (Å²) in [5.41, 5.74) is 5.47. The van der Waals surface area contributed by atoms with Crippen LogP contribution in [0.5, 0.6) is 0 Å². The van der Waals surface area contributed by atoms with Gasteiger partial charge in [-0.3, -0.25) is 9.36 Å². The summed E-state index contributed by atoms with van der Waals surface area (Å²) in [4.78, 5) is 11.6. The quantitative estimate of drug-likeness (QED) is 0.694. The fourth-order valence-electron chi connectivity index (χ4n) is 3.92. The molecule has 0 aromatic carbocycles.